The van der Waals surface area contributed by atoms with Crippen LogP contribution in [-0.2, 0) is 11.2 Å². The third kappa shape index (κ3) is 3.12. The Morgan fingerprint density at radius 1 is 1.26 bits per heavy atom. The molecule has 0 aromatic carbocycles. The molecule has 5 nitrogen and oxygen atoms in total. The third-order valence-corrected chi connectivity index (χ3v) is 5.16. The standard InChI is InChI=1S/C18H26N4O/c1-21-10-5-6-14(13-21)12-16-20-15-7-4-9-19-18(15)22(16)17-8-2-3-11-23-17/h4,7,9,14,17H,2-3,5-6,8,10-13H2,1H3. The number of pyridine rings is 1. The van der Waals surface area contributed by atoms with Gasteiger partial charge in [0, 0.05) is 25.8 Å². The van der Waals surface area contributed by atoms with Crippen molar-refractivity contribution in [2.24, 2.45) is 5.92 Å². The topological polar surface area (TPSA) is 43.2 Å². The largest absolute Gasteiger partial charge is 0.358 e. The molecule has 2 aliphatic rings. The lowest BCUT2D eigenvalue weighted by molar-refractivity contribution is -0.0317. The summed E-state index contributed by atoms with van der Waals surface area (Å²) in [7, 11) is 2.22. The molecule has 2 aromatic rings. The molecule has 5 heteroatoms. The molecule has 2 aliphatic heterocycles. The van der Waals surface area contributed by atoms with Gasteiger partial charge >= 0.3 is 0 Å². The summed E-state index contributed by atoms with van der Waals surface area (Å²) in [5.74, 6) is 1.85. The summed E-state index contributed by atoms with van der Waals surface area (Å²) in [6.45, 7) is 3.24. The van der Waals surface area contributed by atoms with Crippen molar-refractivity contribution in [2.75, 3.05) is 26.7 Å². The van der Waals surface area contributed by atoms with E-state index in [1.807, 2.05) is 12.3 Å². The van der Waals surface area contributed by atoms with E-state index < -0.39 is 0 Å². The molecule has 0 saturated carbocycles. The number of likely N-dealkylation sites (tertiary alicyclic amines) is 1. The van der Waals surface area contributed by atoms with Gasteiger partial charge < -0.3 is 9.64 Å². The van der Waals surface area contributed by atoms with Crippen molar-refractivity contribution in [3.05, 3.63) is 24.2 Å². The molecule has 2 fully saturated rings. The van der Waals surface area contributed by atoms with Gasteiger partial charge in [-0.15, -0.1) is 0 Å². The predicted molar refractivity (Wildman–Crippen MR) is 90.3 cm³/mol. The number of fused-ring (bicyclic) bond motifs is 1. The number of hydrogen-bond acceptors (Lipinski definition) is 4. The number of piperidine rings is 1. The normalized spacial score (nSPS) is 26.7. The summed E-state index contributed by atoms with van der Waals surface area (Å²) < 4.78 is 8.33. The molecule has 4 rings (SSSR count). The Morgan fingerprint density at radius 3 is 3.04 bits per heavy atom. The first-order chi connectivity index (χ1) is 11.3. The van der Waals surface area contributed by atoms with E-state index >= 15 is 0 Å². The minimum absolute atomic E-state index is 0.111. The zero-order chi connectivity index (χ0) is 15.6. The van der Waals surface area contributed by atoms with Crippen LogP contribution in [0.25, 0.3) is 11.2 Å². The second kappa shape index (κ2) is 6.57. The van der Waals surface area contributed by atoms with E-state index in [1.165, 1.54) is 38.8 Å². The quantitative estimate of drug-likeness (QED) is 0.873. The summed E-state index contributed by atoms with van der Waals surface area (Å²) in [5, 5.41) is 0. The average Bonchev–Trinajstić information content (AvgIpc) is 2.93. The highest BCUT2D eigenvalue weighted by molar-refractivity contribution is 5.71. The van der Waals surface area contributed by atoms with Crippen molar-refractivity contribution in [3.63, 3.8) is 0 Å². The number of nitrogens with zero attached hydrogens (tertiary/aromatic N) is 4. The van der Waals surface area contributed by atoms with Crippen LogP contribution in [0.4, 0.5) is 0 Å². The van der Waals surface area contributed by atoms with Crippen molar-refractivity contribution in [2.45, 2.75) is 44.8 Å². The van der Waals surface area contributed by atoms with Crippen LogP contribution in [0.15, 0.2) is 18.3 Å². The predicted octanol–water partition coefficient (Wildman–Crippen LogP) is 3.01. The molecule has 2 unspecified atom stereocenters. The van der Waals surface area contributed by atoms with Crippen molar-refractivity contribution in [1.82, 2.24) is 19.4 Å². The molecule has 0 amide bonds. The van der Waals surface area contributed by atoms with Crippen LogP contribution < -0.4 is 0 Å². The molecule has 0 N–H and O–H groups in total. The van der Waals surface area contributed by atoms with Crippen LogP contribution in [0.3, 0.4) is 0 Å². The van der Waals surface area contributed by atoms with Crippen molar-refractivity contribution >= 4 is 11.2 Å². The zero-order valence-corrected chi connectivity index (χ0v) is 13.9. The number of rotatable bonds is 3. The number of aromatic nitrogens is 3. The van der Waals surface area contributed by atoms with Gasteiger partial charge in [0.15, 0.2) is 5.65 Å². The molecule has 4 heterocycles. The maximum Gasteiger partial charge on any atom is 0.162 e. The van der Waals surface area contributed by atoms with Gasteiger partial charge in [-0.25, -0.2) is 9.97 Å². The summed E-state index contributed by atoms with van der Waals surface area (Å²) in [6, 6.07) is 4.04. The summed E-state index contributed by atoms with van der Waals surface area (Å²) >= 11 is 0. The molecule has 0 bridgehead atoms. The molecule has 2 saturated heterocycles. The van der Waals surface area contributed by atoms with Gasteiger partial charge in [0.25, 0.3) is 0 Å². The highest BCUT2D eigenvalue weighted by Gasteiger charge is 2.25. The first-order valence-electron chi connectivity index (χ1n) is 8.93. The van der Waals surface area contributed by atoms with Crippen LogP contribution in [0.2, 0.25) is 0 Å². The molecule has 0 aliphatic carbocycles. The van der Waals surface area contributed by atoms with Crippen molar-refractivity contribution in [3.8, 4) is 0 Å². The van der Waals surface area contributed by atoms with Gasteiger partial charge in [-0.05, 0) is 63.7 Å². The van der Waals surface area contributed by atoms with Crippen molar-refractivity contribution in [1.29, 1.82) is 0 Å². The zero-order valence-electron chi connectivity index (χ0n) is 13.9. The van der Waals surface area contributed by atoms with Gasteiger partial charge in [-0.2, -0.15) is 0 Å². The SMILES string of the molecule is CN1CCCC(Cc2nc3cccnc3n2C2CCCCO2)C1. The lowest BCUT2D eigenvalue weighted by Gasteiger charge is -2.30. The third-order valence-electron chi connectivity index (χ3n) is 5.16. The smallest absolute Gasteiger partial charge is 0.162 e. The van der Waals surface area contributed by atoms with E-state index in [-0.39, 0.29) is 6.23 Å². The van der Waals surface area contributed by atoms with Gasteiger partial charge in [-0.3, -0.25) is 4.57 Å². The number of imidazole rings is 1. The Bertz CT molecular complexity index is 662. The van der Waals surface area contributed by atoms with Gasteiger partial charge in [-0.1, -0.05) is 0 Å². The van der Waals surface area contributed by atoms with Gasteiger partial charge in [0.1, 0.15) is 17.6 Å². The minimum atomic E-state index is 0.111. The fraction of sp³-hybridized carbons (Fsp3) is 0.667. The summed E-state index contributed by atoms with van der Waals surface area (Å²) in [6.07, 6.45) is 9.05. The first-order valence-corrected chi connectivity index (χ1v) is 8.93. The lowest BCUT2D eigenvalue weighted by Crippen LogP contribution is -2.33. The molecule has 124 valence electrons. The highest BCUT2D eigenvalue weighted by Crippen LogP contribution is 2.30. The van der Waals surface area contributed by atoms with E-state index in [9.17, 15) is 0 Å². The lowest BCUT2D eigenvalue weighted by atomic mass is 9.95. The summed E-state index contributed by atoms with van der Waals surface area (Å²) in [4.78, 5) is 11.9. The van der Waals surface area contributed by atoms with E-state index in [0.29, 0.717) is 5.92 Å². The van der Waals surface area contributed by atoms with Gasteiger partial charge in [0.2, 0.25) is 0 Å². The molecule has 0 spiro atoms. The minimum Gasteiger partial charge on any atom is -0.358 e. The van der Waals surface area contributed by atoms with E-state index in [4.69, 9.17) is 9.72 Å². The van der Waals surface area contributed by atoms with Crippen molar-refractivity contribution < 1.29 is 4.74 Å². The Labute approximate surface area is 137 Å². The fourth-order valence-corrected chi connectivity index (χ4v) is 4.05. The number of ether oxygens (including phenoxy) is 1. The van der Waals surface area contributed by atoms with E-state index in [0.717, 1.165) is 36.4 Å². The van der Waals surface area contributed by atoms with E-state index in [2.05, 4.69) is 27.6 Å². The van der Waals surface area contributed by atoms with E-state index in [1.54, 1.807) is 0 Å². The fourth-order valence-electron chi connectivity index (χ4n) is 4.05. The van der Waals surface area contributed by atoms with Crippen LogP contribution in [0.1, 0.15) is 44.2 Å². The molecular formula is C18H26N4O. The summed E-state index contributed by atoms with van der Waals surface area (Å²) in [5.41, 5.74) is 1.99. The maximum absolute atomic E-state index is 6.05. The second-order valence-corrected chi connectivity index (χ2v) is 7.04. The molecular weight excluding hydrogens is 288 g/mol. The van der Waals surface area contributed by atoms with Crippen LogP contribution >= 0.6 is 0 Å². The Morgan fingerprint density at radius 2 is 2.22 bits per heavy atom. The molecule has 2 aromatic heterocycles. The average molecular weight is 314 g/mol. The maximum atomic E-state index is 6.05. The second-order valence-electron chi connectivity index (χ2n) is 7.04. The monoisotopic (exact) mass is 314 g/mol. The highest BCUT2D eigenvalue weighted by atomic mass is 16.5. The van der Waals surface area contributed by atoms with Gasteiger partial charge in [0.05, 0.1) is 0 Å². The van der Waals surface area contributed by atoms with Crippen LogP contribution in [0, 0.1) is 5.92 Å². The Balaban J connectivity index is 1.67. The Kier molecular flexibility index (Phi) is 4.31. The van der Waals surface area contributed by atoms with Crippen LogP contribution in [-0.4, -0.2) is 46.2 Å². The Hall–Kier alpha value is -1.46. The molecule has 0 radical (unpaired) electrons. The number of hydrogen-bond donors (Lipinski definition) is 0. The molecule has 23 heavy (non-hydrogen) atoms. The van der Waals surface area contributed by atoms with Crippen LogP contribution in [0.5, 0.6) is 0 Å². The first kappa shape index (κ1) is 15.1. The molecule has 2 atom stereocenters.